The van der Waals surface area contributed by atoms with E-state index in [-0.39, 0.29) is 5.91 Å². The molecule has 1 atom stereocenters. The summed E-state index contributed by atoms with van der Waals surface area (Å²) in [5.41, 5.74) is 0. The molecule has 2 fully saturated rings. The Hall–Kier alpha value is -1.43. The number of rotatable bonds is 3. The van der Waals surface area contributed by atoms with Crippen LogP contribution in [0.3, 0.4) is 0 Å². The van der Waals surface area contributed by atoms with Crippen molar-refractivity contribution in [1.29, 1.82) is 0 Å². The minimum absolute atomic E-state index is 0.0187. The molecule has 0 aliphatic carbocycles. The summed E-state index contributed by atoms with van der Waals surface area (Å²) in [6, 6.07) is 0.653. The molecule has 2 saturated heterocycles. The van der Waals surface area contributed by atoms with Gasteiger partial charge in [-0.2, -0.15) is 5.10 Å². The first-order valence-electron chi connectivity index (χ1n) is 7.64. The number of nitrogens with one attached hydrogen (secondary N) is 1. The van der Waals surface area contributed by atoms with E-state index < -0.39 is 0 Å². The number of amides is 1. The van der Waals surface area contributed by atoms with Crippen LogP contribution < -0.4 is 0 Å². The van der Waals surface area contributed by atoms with Crippen molar-refractivity contribution in [3.8, 4) is 0 Å². The second-order valence-corrected chi connectivity index (χ2v) is 5.95. The molecule has 1 N–H and O–H groups in total. The zero-order chi connectivity index (χ0) is 13.9. The van der Waals surface area contributed by atoms with Crippen LogP contribution in [0.1, 0.15) is 43.2 Å². The molecule has 0 saturated carbocycles. The van der Waals surface area contributed by atoms with Gasteiger partial charge in [0.25, 0.3) is 5.91 Å². The zero-order valence-corrected chi connectivity index (χ0v) is 12.1. The van der Waals surface area contributed by atoms with E-state index in [4.69, 9.17) is 0 Å². The number of H-pyrrole nitrogens is 1. The highest BCUT2D eigenvalue weighted by Gasteiger charge is 2.31. The summed E-state index contributed by atoms with van der Waals surface area (Å²) in [4.78, 5) is 20.6. The van der Waals surface area contributed by atoms with Crippen molar-refractivity contribution in [2.45, 2.75) is 38.6 Å². The Morgan fingerprint density at radius 1 is 1.30 bits per heavy atom. The van der Waals surface area contributed by atoms with Crippen LogP contribution in [-0.2, 0) is 0 Å². The lowest BCUT2D eigenvalue weighted by Crippen LogP contribution is -2.45. The van der Waals surface area contributed by atoms with Crippen LogP contribution in [0.2, 0.25) is 0 Å². The van der Waals surface area contributed by atoms with Crippen LogP contribution in [-0.4, -0.2) is 63.1 Å². The molecule has 1 amide bonds. The molecule has 110 valence electrons. The van der Waals surface area contributed by atoms with Gasteiger partial charge < -0.3 is 9.80 Å². The van der Waals surface area contributed by atoms with Crippen LogP contribution >= 0.6 is 0 Å². The largest absolute Gasteiger partial charge is 0.336 e. The lowest BCUT2D eigenvalue weighted by molar-refractivity contribution is 0.0613. The first kappa shape index (κ1) is 13.5. The molecule has 1 aromatic heterocycles. The van der Waals surface area contributed by atoms with Crippen molar-refractivity contribution in [2.24, 2.45) is 5.92 Å². The number of carbonyl (C=O) groups is 1. The summed E-state index contributed by atoms with van der Waals surface area (Å²) in [6.07, 6.45) is 6.25. The predicted octanol–water partition coefficient (Wildman–Crippen LogP) is 1.14. The van der Waals surface area contributed by atoms with E-state index in [1.807, 2.05) is 4.90 Å². The molecular formula is C14H23N5O. The monoisotopic (exact) mass is 277 g/mol. The van der Waals surface area contributed by atoms with E-state index in [2.05, 4.69) is 27.0 Å². The smallest absolute Gasteiger partial charge is 0.291 e. The van der Waals surface area contributed by atoms with E-state index >= 15 is 0 Å². The van der Waals surface area contributed by atoms with Gasteiger partial charge in [0.05, 0.1) is 0 Å². The topological polar surface area (TPSA) is 65.1 Å². The number of likely N-dealkylation sites (tertiary alicyclic amines) is 2. The average molecular weight is 277 g/mol. The highest BCUT2D eigenvalue weighted by molar-refractivity contribution is 5.90. The van der Waals surface area contributed by atoms with Crippen LogP contribution in [0.5, 0.6) is 0 Å². The molecule has 20 heavy (non-hydrogen) atoms. The van der Waals surface area contributed by atoms with Gasteiger partial charge in [-0.1, -0.05) is 0 Å². The second kappa shape index (κ2) is 5.91. The van der Waals surface area contributed by atoms with E-state index in [0.29, 0.717) is 17.8 Å². The Labute approximate surface area is 119 Å². The summed E-state index contributed by atoms with van der Waals surface area (Å²) in [5, 5.41) is 6.40. The van der Waals surface area contributed by atoms with Crippen molar-refractivity contribution < 1.29 is 4.79 Å². The van der Waals surface area contributed by atoms with Gasteiger partial charge in [0, 0.05) is 19.1 Å². The Kier molecular flexibility index (Phi) is 4.00. The van der Waals surface area contributed by atoms with Crippen LogP contribution in [0, 0.1) is 5.92 Å². The molecule has 2 aliphatic heterocycles. The lowest BCUT2D eigenvalue weighted by atomic mass is 9.89. The third kappa shape index (κ3) is 2.70. The Bertz CT molecular complexity index is 432. The van der Waals surface area contributed by atoms with Gasteiger partial charge in [-0.15, -0.1) is 0 Å². The van der Waals surface area contributed by atoms with Crippen LogP contribution in [0.4, 0.5) is 0 Å². The maximum absolute atomic E-state index is 12.2. The van der Waals surface area contributed by atoms with E-state index in [9.17, 15) is 4.79 Å². The fourth-order valence-corrected chi connectivity index (χ4v) is 3.49. The van der Waals surface area contributed by atoms with E-state index in [0.717, 1.165) is 25.9 Å². The summed E-state index contributed by atoms with van der Waals surface area (Å²) in [7, 11) is 0. The number of hydrogen-bond donors (Lipinski definition) is 1. The molecule has 0 bridgehead atoms. The van der Waals surface area contributed by atoms with E-state index in [1.165, 1.54) is 32.3 Å². The molecule has 6 heteroatoms. The van der Waals surface area contributed by atoms with Gasteiger partial charge in [-0.05, 0) is 51.6 Å². The van der Waals surface area contributed by atoms with E-state index in [1.54, 1.807) is 0 Å². The van der Waals surface area contributed by atoms with Crippen molar-refractivity contribution in [3.63, 3.8) is 0 Å². The highest BCUT2D eigenvalue weighted by atomic mass is 16.2. The molecule has 3 rings (SSSR count). The van der Waals surface area contributed by atoms with Crippen molar-refractivity contribution in [2.75, 3.05) is 26.2 Å². The zero-order valence-electron chi connectivity index (χ0n) is 12.1. The summed E-state index contributed by atoms with van der Waals surface area (Å²) in [6.45, 7) is 6.52. The molecule has 1 aromatic rings. The van der Waals surface area contributed by atoms with Crippen molar-refractivity contribution in [1.82, 2.24) is 25.0 Å². The normalized spacial score (nSPS) is 23.1. The summed E-state index contributed by atoms with van der Waals surface area (Å²) < 4.78 is 0. The average Bonchev–Trinajstić information content (AvgIpc) is 3.18. The maximum atomic E-state index is 12.2. The minimum atomic E-state index is -0.0187. The van der Waals surface area contributed by atoms with Gasteiger partial charge in [0.1, 0.15) is 6.33 Å². The van der Waals surface area contributed by atoms with Crippen molar-refractivity contribution in [3.05, 3.63) is 12.2 Å². The maximum Gasteiger partial charge on any atom is 0.291 e. The molecule has 6 nitrogen and oxygen atoms in total. The van der Waals surface area contributed by atoms with Gasteiger partial charge in [-0.3, -0.25) is 9.89 Å². The SMILES string of the molecule is CC(C1CCN(C(=O)c2ncn[nH]2)CC1)N1CCCC1. The molecule has 0 aromatic carbocycles. The fourth-order valence-electron chi connectivity index (χ4n) is 3.49. The summed E-state index contributed by atoms with van der Waals surface area (Å²) in [5.74, 6) is 1.05. The van der Waals surface area contributed by atoms with Gasteiger partial charge in [-0.25, -0.2) is 4.98 Å². The molecule has 2 aliphatic rings. The first-order valence-corrected chi connectivity index (χ1v) is 7.64. The predicted molar refractivity (Wildman–Crippen MR) is 75.3 cm³/mol. The molecule has 1 unspecified atom stereocenters. The molecule has 0 spiro atoms. The number of piperidine rings is 1. The summed E-state index contributed by atoms with van der Waals surface area (Å²) >= 11 is 0. The third-order valence-electron chi connectivity index (χ3n) is 4.84. The fraction of sp³-hybridized carbons (Fsp3) is 0.786. The number of hydrogen-bond acceptors (Lipinski definition) is 4. The molecular weight excluding hydrogens is 254 g/mol. The third-order valence-corrected chi connectivity index (χ3v) is 4.84. The van der Waals surface area contributed by atoms with Gasteiger partial charge in [0.15, 0.2) is 0 Å². The number of carbonyl (C=O) groups excluding carboxylic acids is 1. The van der Waals surface area contributed by atoms with Gasteiger partial charge in [0.2, 0.25) is 5.82 Å². The quantitative estimate of drug-likeness (QED) is 0.900. The molecule has 3 heterocycles. The van der Waals surface area contributed by atoms with Crippen LogP contribution in [0.15, 0.2) is 6.33 Å². The lowest BCUT2D eigenvalue weighted by Gasteiger charge is -2.38. The molecule has 0 radical (unpaired) electrons. The number of aromatic amines is 1. The Balaban J connectivity index is 1.53. The Morgan fingerprint density at radius 2 is 2.00 bits per heavy atom. The van der Waals surface area contributed by atoms with Crippen LogP contribution in [0.25, 0.3) is 0 Å². The van der Waals surface area contributed by atoms with Crippen molar-refractivity contribution >= 4 is 5.91 Å². The van der Waals surface area contributed by atoms with Gasteiger partial charge >= 0.3 is 0 Å². The number of nitrogens with zero attached hydrogens (tertiary/aromatic N) is 4. The first-order chi connectivity index (χ1) is 9.75. The second-order valence-electron chi connectivity index (χ2n) is 5.95. The number of aromatic nitrogens is 3. The Morgan fingerprint density at radius 3 is 2.60 bits per heavy atom. The standard InChI is InChI=1S/C14H23N5O/c1-11(18-6-2-3-7-18)12-4-8-19(9-5-12)14(20)13-15-10-16-17-13/h10-12H,2-9H2,1H3,(H,15,16,17). The minimum Gasteiger partial charge on any atom is -0.336 e. The highest BCUT2D eigenvalue weighted by Crippen LogP contribution is 2.26.